The van der Waals surface area contributed by atoms with Gasteiger partial charge in [0.15, 0.2) is 23.0 Å². The maximum absolute atomic E-state index is 12.2. The number of nitrogens with zero attached hydrogens (tertiary/aromatic N) is 1. The summed E-state index contributed by atoms with van der Waals surface area (Å²) in [4.78, 5) is 16.6. The lowest BCUT2D eigenvalue weighted by Gasteiger charge is -2.08. The normalized spacial score (nSPS) is 10.5. The van der Waals surface area contributed by atoms with Crippen LogP contribution in [0.1, 0.15) is 21.6 Å². The summed E-state index contributed by atoms with van der Waals surface area (Å²) in [7, 11) is 3.13. The molecule has 7 nitrogen and oxygen atoms in total. The van der Waals surface area contributed by atoms with Crippen molar-refractivity contribution in [3.63, 3.8) is 0 Å². The number of aromatic nitrogens is 1. The van der Waals surface area contributed by atoms with Gasteiger partial charge in [-0.05, 0) is 36.8 Å². The Labute approximate surface area is 165 Å². The number of hydrogen-bond acceptors (Lipinski definition) is 8. The van der Waals surface area contributed by atoms with Gasteiger partial charge in [-0.15, -0.1) is 11.3 Å². The van der Waals surface area contributed by atoms with E-state index in [1.54, 1.807) is 32.6 Å². The summed E-state index contributed by atoms with van der Waals surface area (Å²) in [5.74, 6) is -0.349. The molecule has 3 rings (SSSR count). The first-order valence-electron chi connectivity index (χ1n) is 8.30. The van der Waals surface area contributed by atoms with Crippen molar-refractivity contribution >= 4 is 17.3 Å². The summed E-state index contributed by atoms with van der Waals surface area (Å²) in [6.45, 7) is 1.56. The van der Waals surface area contributed by atoms with Crippen molar-refractivity contribution in [2.24, 2.45) is 0 Å². The maximum atomic E-state index is 12.2. The monoisotopic (exact) mass is 401 g/mol. The van der Waals surface area contributed by atoms with Crippen LogP contribution in [-0.4, -0.2) is 35.4 Å². The zero-order valence-electron chi connectivity index (χ0n) is 15.6. The van der Waals surface area contributed by atoms with E-state index in [1.165, 1.54) is 23.5 Å². The van der Waals surface area contributed by atoms with Crippen molar-refractivity contribution < 1.29 is 29.2 Å². The molecular weight excluding hydrogens is 382 g/mol. The number of aryl methyl sites for hydroxylation is 1. The van der Waals surface area contributed by atoms with Crippen LogP contribution in [0.3, 0.4) is 0 Å². The van der Waals surface area contributed by atoms with Gasteiger partial charge in [-0.3, -0.25) is 0 Å². The van der Waals surface area contributed by atoms with E-state index in [1.807, 2.05) is 12.1 Å². The van der Waals surface area contributed by atoms with Gasteiger partial charge in [0.1, 0.15) is 17.2 Å². The molecule has 146 valence electrons. The lowest BCUT2D eigenvalue weighted by atomic mass is 10.1. The predicted octanol–water partition coefficient (Wildman–Crippen LogP) is 3.90. The molecule has 0 saturated heterocycles. The third kappa shape index (κ3) is 3.86. The molecular formula is C20H19NO6S. The molecule has 28 heavy (non-hydrogen) atoms. The van der Waals surface area contributed by atoms with Crippen molar-refractivity contribution in [3.05, 3.63) is 52.5 Å². The van der Waals surface area contributed by atoms with Crippen LogP contribution in [0.5, 0.6) is 23.0 Å². The second kappa shape index (κ2) is 8.18. The minimum atomic E-state index is -0.742. The van der Waals surface area contributed by atoms with E-state index in [4.69, 9.17) is 14.2 Å². The van der Waals surface area contributed by atoms with E-state index < -0.39 is 11.7 Å². The highest BCUT2D eigenvalue weighted by atomic mass is 32.1. The first-order valence-corrected chi connectivity index (χ1v) is 9.18. The minimum absolute atomic E-state index is 0.0588. The number of carbonyl (C=O) groups excluding carboxylic acids is 1. The van der Waals surface area contributed by atoms with E-state index in [-0.39, 0.29) is 17.9 Å². The van der Waals surface area contributed by atoms with Crippen molar-refractivity contribution in [1.29, 1.82) is 0 Å². The number of rotatable bonds is 6. The minimum Gasteiger partial charge on any atom is -0.504 e. The smallest absolute Gasteiger partial charge is 0.342 e. The largest absolute Gasteiger partial charge is 0.504 e. The van der Waals surface area contributed by atoms with Gasteiger partial charge in [-0.1, -0.05) is 6.07 Å². The van der Waals surface area contributed by atoms with Crippen molar-refractivity contribution in [2.75, 3.05) is 14.2 Å². The van der Waals surface area contributed by atoms with Crippen LogP contribution in [-0.2, 0) is 11.3 Å². The zero-order valence-corrected chi connectivity index (χ0v) is 16.4. The van der Waals surface area contributed by atoms with Crippen molar-refractivity contribution in [1.82, 2.24) is 4.98 Å². The molecule has 8 heteroatoms. The third-order valence-corrected chi connectivity index (χ3v) is 5.05. The Hall–Kier alpha value is -3.26. The van der Waals surface area contributed by atoms with E-state index in [0.717, 1.165) is 10.6 Å². The number of methoxy groups -OCH3 is 2. The number of carbonyl (C=O) groups is 1. The average molecular weight is 401 g/mol. The summed E-state index contributed by atoms with van der Waals surface area (Å²) in [6.07, 6.45) is 0. The maximum Gasteiger partial charge on any atom is 0.342 e. The molecule has 0 fully saturated rings. The molecule has 0 aliphatic rings. The molecule has 3 aromatic rings. The first-order chi connectivity index (χ1) is 13.4. The number of esters is 1. The van der Waals surface area contributed by atoms with E-state index >= 15 is 0 Å². The van der Waals surface area contributed by atoms with Gasteiger partial charge in [0.05, 0.1) is 19.9 Å². The fourth-order valence-corrected chi connectivity index (χ4v) is 3.34. The number of thiazole rings is 1. The fourth-order valence-electron chi connectivity index (χ4n) is 2.54. The van der Waals surface area contributed by atoms with Gasteiger partial charge >= 0.3 is 5.97 Å². The number of phenolic OH excluding ortho intramolecular Hbond substituents is 2. The highest BCUT2D eigenvalue weighted by Crippen LogP contribution is 2.34. The number of hydrogen-bond donors (Lipinski definition) is 2. The van der Waals surface area contributed by atoms with Crippen molar-refractivity contribution in [2.45, 2.75) is 13.5 Å². The van der Waals surface area contributed by atoms with Gasteiger partial charge in [0.25, 0.3) is 0 Å². The SMILES string of the molecule is COc1ccc(-c2nc(COC(=O)c3ccc(C)c(O)c3O)cs2)cc1OC. The highest BCUT2D eigenvalue weighted by Gasteiger charge is 2.18. The molecule has 0 spiro atoms. The van der Waals surface area contributed by atoms with E-state index in [2.05, 4.69) is 4.98 Å². The Kier molecular flexibility index (Phi) is 5.70. The summed E-state index contributed by atoms with van der Waals surface area (Å²) in [6, 6.07) is 8.41. The Morgan fingerprint density at radius 2 is 1.82 bits per heavy atom. The lowest BCUT2D eigenvalue weighted by Crippen LogP contribution is -2.06. The molecule has 0 saturated carbocycles. The number of ether oxygens (including phenoxy) is 3. The molecule has 0 aliphatic carbocycles. The number of benzene rings is 2. The summed E-state index contributed by atoms with van der Waals surface area (Å²) < 4.78 is 15.7. The molecule has 0 radical (unpaired) electrons. The van der Waals surface area contributed by atoms with Gasteiger partial charge < -0.3 is 24.4 Å². The molecule has 2 N–H and O–H groups in total. The molecule has 2 aromatic carbocycles. The Balaban J connectivity index is 1.72. The van der Waals surface area contributed by atoms with Crippen LogP contribution in [0.25, 0.3) is 10.6 Å². The second-order valence-corrected chi connectivity index (χ2v) is 6.78. The first kappa shape index (κ1) is 19.5. The summed E-state index contributed by atoms with van der Waals surface area (Å²) >= 11 is 1.40. The van der Waals surface area contributed by atoms with Crippen LogP contribution in [0.4, 0.5) is 0 Å². The van der Waals surface area contributed by atoms with Gasteiger partial charge in [0.2, 0.25) is 0 Å². The molecule has 1 heterocycles. The fraction of sp³-hybridized carbons (Fsp3) is 0.200. The van der Waals surface area contributed by atoms with E-state index in [0.29, 0.717) is 22.8 Å². The molecule has 0 bridgehead atoms. The average Bonchev–Trinajstić information content (AvgIpc) is 3.19. The molecule has 0 unspecified atom stereocenters. The van der Waals surface area contributed by atoms with Gasteiger partial charge in [-0.2, -0.15) is 0 Å². The lowest BCUT2D eigenvalue weighted by molar-refractivity contribution is 0.0464. The van der Waals surface area contributed by atoms with Crippen molar-refractivity contribution in [3.8, 4) is 33.6 Å². The van der Waals surface area contributed by atoms with Gasteiger partial charge in [-0.25, -0.2) is 9.78 Å². The van der Waals surface area contributed by atoms with Crippen LogP contribution < -0.4 is 9.47 Å². The second-order valence-electron chi connectivity index (χ2n) is 5.92. The number of phenols is 2. The van der Waals surface area contributed by atoms with Crippen LogP contribution in [0.2, 0.25) is 0 Å². The quantitative estimate of drug-likeness (QED) is 0.477. The van der Waals surface area contributed by atoms with Gasteiger partial charge in [0, 0.05) is 10.9 Å². The zero-order chi connectivity index (χ0) is 20.3. The Bertz CT molecular complexity index is 1010. The number of aromatic hydroxyl groups is 2. The van der Waals surface area contributed by atoms with Crippen LogP contribution in [0, 0.1) is 6.92 Å². The topological polar surface area (TPSA) is 98.1 Å². The standard InChI is InChI=1S/C20H19NO6S/c1-11-4-6-14(18(23)17(11)22)20(24)27-9-13-10-28-19(21-13)12-5-7-15(25-2)16(8-12)26-3/h4-8,10,22-23H,9H2,1-3H3. The third-order valence-electron chi connectivity index (χ3n) is 4.11. The Morgan fingerprint density at radius 1 is 1.07 bits per heavy atom. The van der Waals surface area contributed by atoms with Crippen LogP contribution >= 0.6 is 11.3 Å². The summed E-state index contributed by atoms with van der Waals surface area (Å²) in [5, 5.41) is 22.2. The predicted molar refractivity (Wildman–Crippen MR) is 104 cm³/mol. The summed E-state index contributed by atoms with van der Waals surface area (Å²) in [5.41, 5.74) is 1.78. The van der Waals surface area contributed by atoms with Crippen LogP contribution in [0.15, 0.2) is 35.7 Å². The van der Waals surface area contributed by atoms with E-state index in [9.17, 15) is 15.0 Å². The molecule has 0 atom stereocenters. The Morgan fingerprint density at radius 3 is 2.54 bits per heavy atom. The molecule has 1 aromatic heterocycles. The molecule has 0 amide bonds. The highest BCUT2D eigenvalue weighted by molar-refractivity contribution is 7.13. The molecule has 0 aliphatic heterocycles.